The first-order chi connectivity index (χ1) is 15.1. The predicted molar refractivity (Wildman–Crippen MR) is 130 cm³/mol. The quantitative estimate of drug-likeness (QED) is 0.250. The van der Waals surface area contributed by atoms with Crippen LogP contribution >= 0.6 is 13.4 Å². The average molecular weight is 512 g/mol. The molecule has 0 unspecified atom stereocenters. The van der Waals surface area contributed by atoms with E-state index in [2.05, 4.69) is 20.0 Å². The molecule has 0 heterocycles. The molecule has 0 aliphatic rings. The van der Waals surface area contributed by atoms with Crippen molar-refractivity contribution in [2.75, 3.05) is 0 Å². The molecule has 4 nitrogen and oxygen atoms in total. The van der Waals surface area contributed by atoms with E-state index in [1.165, 1.54) is 0 Å². The third kappa shape index (κ3) is 5.46. The molecule has 4 rings (SSSR count). The summed E-state index contributed by atoms with van der Waals surface area (Å²) in [4.78, 5) is 3.30. The van der Waals surface area contributed by atoms with Gasteiger partial charge in [0.25, 0.3) is 0 Å². The van der Waals surface area contributed by atoms with Crippen molar-refractivity contribution in [3.63, 3.8) is 0 Å². The Morgan fingerprint density at radius 2 is 0.871 bits per heavy atom. The number of hydrogen-bond donors (Lipinski definition) is 1. The first-order valence-electron chi connectivity index (χ1n) is 9.68. The van der Waals surface area contributed by atoms with Crippen LogP contribution in [0, 0.1) is 0 Å². The van der Waals surface area contributed by atoms with Crippen molar-refractivity contribution in [3.05, 3.63) is 121 Å². The summed E-state index contributed by atoms with van der Waals surface area (Å²) >= 11 is 3.32. The van der Waals surface area contributed by atoms with Gasteiger partial charge in [-0.1, -0.05) is 0 Å². The van der Waals surface area contributed by atoms with Crippen LogP contribution in [0.2, 0.25) is 0 Å². The van der Waals surface area contributed by atoms with E-state index in [0.717, 1.165) is 10.6 Å². The molecule has 0 spiro atoms. The molecule has 0 amide bonds. The molecule has 7 heteroatoms. The van der Waals surface area contributed by atoms with Crippen LogP contribution in [0.3, 0.4) is 0 Å². The van der Waals surface area contributed by atoms with Crippen LogP contribution < -0.4 is 24.5 Å². The normalized spacial score (nSPS) is 11.6. The van der Waals surface area contributed by atoms with Crippen molar-refractivity contribution in [2.24, 2.45) is 0 Å². The monoisotopic (exact) mass is 513 g/mol. The Bertz CT molecular complexity index is 1120. The van der Waals surface area contributed by atoms with Gasteiger partial charge in [-0.05, 0) is 0 Å². The van der Waals surface area contributed by atoms with Gasteiger partial charge in [0.05, 0.1) is 0 Å². The van der Waals surface area contributed by atoms with E-state index in [1.54, 1.807) is 24.3 Å². The topological polar surface area (TPSA) is 47.6 Å². The van der Waals surface area contributed by atoms with Gasteiger partial charge < -0.3 is 0 Å². The van der Waals surface area contributed by atoms with Gasteiger partial charge in [0, 0.05) is 0 Å². The summed E-state index contributed by atoms with van der Waals surface area (Å²) in [6.45, 7) is 0. The van der Waals surface area contributed by atoms with Gasteiger partial charge in [-0.2, -0.15) is 0 Å². The van der Waals surface area contributed by atoms with Crippen molar-refractivity contribution in [1.29, 1.82) is 0 Å². The first-order valence-corrected chi connectivity index (χ1v) is 15.2. The fraction of sp³-hybridized carbons (Fsp3) is 0. The summed E-state index contributed by atoms with van der Waals surface area (Å²) in [6.07, 6.45) is 0. The van der Waals surface area contributed by atoms with Gasteiger partial charge in [0.2, 0.25) is 0 Å². The summed E-state index contributed by atoms with van der Waals surface area (Å²) in [5.74, 6) is 0.920. The van der Waals surface area contributed by atoms with Crippen molar-refractivity contribution < 1.29 is 13.6 Å². The second kappa shape index (κ2) is 9.83. The molecule has 4 aromatic carbocycles. The molecule has 0 saturated carbocycles. The van der Waals surface area contributed by atoms with E-state index in [1.807, 2.05) is 97.1 Å². The Hall–Kier alpha value is -2.38. The Morgan fingerprint density at radius 3 is 1.23 bits per heavy atom. The molecule has 0 radical (unpaired) electrons. The van der Waals surface area contributed by atoms with Gasteiger partial charge in [-0.25, -0.2) is 0 Å². The SMILES string of the molecule is O=P(NP(=[Se])(c1ccccc1)c1ccccc1)(Oc1ccccc1)Oc1ccccc1. The zero-order valence-electron chi connectivity index (χ0n) is 16.6. The van der Waals surface area contributed by atoms with Crippen LogP contribution in [0.1, 0.15) is 0 Å². The van der Waals surface area contributed by atoms with Crippen LogP contribution in [-0.2, 0) is 4.57 Å². The molecule has 156 valence electrons. The molecule has 0 bridgehead atoms. The molecule has 0 aliphatic carbocycles. The average Bonchev–Trinajstić information content (AvgIpc) is 2.81. The molecule has 1 N–H and O–H groups in total. The Kier molecular flexibility index (Phi) is 6.92. The van der Waals surface area contributed by atoms with Gasteiger partial charge in [-0.15, -0.1) is 0 Å². The Morgan fingerprint density at radius 1 is 0.548 bits per heavy atom. The molecular weight excluding hydrogens is 491 g/mol. The predicted octanol–water partition coefficient (Wildman–Crippen LogP) is 5.51. The van der Waals surface area contributed by atoms with Crippen LogP contribution in [-0.4, -0.2) is 15.1 Å². The van der Waals surface area contributed by atoms with Crippen molar-refractivity contribution in [3.8, 4) is 11.5 Å². The Labute approximate surface area is 190 Å². The first kappa shape index (κ1) is 21.8. The van der Waals surface area contributed by atoms with E-state index in [9.17, 15) is 4.57 Å². The third-order valence-corrected chi connectivity index (χ3v) is 13.7. The summed E-state index contributed by atoms with van der Waals surface area (Å²) < 4.78 is 26.1. The Balaban J connectivity index is 1.79. The number of nitrogens with one attached hydrogen (secondary N) is 1. The molecule has 4 aromatic rings. The summed E-state index contributed by atoms with van der Waals surface area (Å²) in [5, 5.41) is 1.99. The molecule has 0 aromatic heterocycles. The summed E-state index contributed by atoms with van der Waals surface area (Å²) in [5.41, 5.74) is -2.46. The van der Waals surface area contributed by atoms with Gasteiger partial charge in [0.1, 0.15) is 0 Å². The van der Waals surface area contributed by atoms with Crippen LogP contribution in [0.5, 0.6) is 11.5 Å². The fourth-order valence-electron chi connectivity index (χ4n) is 3.01. The summed E-state index contributed by atoms with van der Waals surface area (Å²) in [7, 11) is -3.85. The maximum absolute atomic E-state index is 14.2. The van der Waals surface area contributed by atoms with Crippen molar-refractivity contribution >= 4 is 39.1 Å². The number of para-hydroxylation sites is 2. The van der Waals surface area contributed by atoms with Crippen LogP contribution in [0.4, 0.5) is 0 Å². The van der Waals surface area contributed by atoms with E-state index in [-0.39, 0.29) is 0 Å². The van der Waals surface area contributed by atoms with Gasteiger partial charge in [-0.3, -0.25) is 0 Å². The standard InChI is InChI=1S/C24H21NO3P2Se/c26-30(27-21-13-5-1-6-14-21,28-22-15-7-2-8-16-22)25-29(31,23-17-9-3-10-18-23)24-19-11-4-12-20-24/h1-20H,(H,25,26,31). The summed E-state index contributed by atoms with van der Waals surface area (Å²) in [6, 6.07) is 37.9. The molecule has 0 aliphatic heterocycles. The zero-order valence-corrected chi connectivity index (χ0v) is 20.1. The molecular formula is C24H21NO3P2Se. The minimum absolute atomic E-state index is 0.460. The van der Waals surface area contributed by atoms with Gasteiger partial charge >= 0.3 is 190 Å². The van der Waals surface area contributed by atoms with E-state index in [0.29, 0.717) is 11.5 Å². The second-order valence-electron chi connectivity index (χ2n) is 6.69. The van der Waals surface area contributed by atoms with E-state index < -0.39 is 13.4 Å². The van der Waals surface area contributed by atoms with Crippen molar-refractivity contribution in [1.82, 2.24) is 4.86 Å². The fourth-order valence-corrected chi connectivity index (χ4v) is 11.4. The zero-order chi connectivity index (χ0) is 21.6. The van der Waals surface area contributed by atoms with Crippen molar-refractivity contribution in [2.45, 2.75) is 0 Å². The molecule has 0 fully saturated rings. The molecule has 0 atom stereocenters. The van der Waals surface area contributed by atoms with Crippen LogP contribution in [0.15, 0.2) is 121 Å². The van der Waals surface area contributed by atoms with Gasteiger partial charge in [0.15, 0.2) is 0 Å². The molecule has 31 heavy (non-hydrogen) atoms. The molecule has 0 saturated heterocycles. The number of rotatable bonds is 8. The van der Waals surface area contributed by atoms with Crippen LogP contribution in [0.25, 0.3) is 0 Å². The number of benzene rings is 4. The minimum atomic E-state index is -3.85. The number of hydrogen-bond acceptors (Lipinski definition) is 3. The van der Waals surface area contributed by atoms with E-state index >= 15 is 0 Å². The van der Waals surface area contributed by atoms with E-state index in [4.69, 9.17) is 9.05 Å². The second-order valence-corrected chi connectivity index (χ2v) is 14.5. The maximum atomic E-state index is 14.2. The third-order valence-electron chi connectivity index (χ3n) is 4.44.